The Morgan fingerprint density at radius 3 is 2.57 bits per heavy atom. The predicted molar refractivity (Wildman–Crippen MR) is 115 cm³/mol. The van der Waals surface area contributed by atoms with Gasteiger partial charge in [0.05, 0.1) is 25.3 Å². The number of aliphatic hydroxyl groups excluding tert-OH is 1. The minimum absolute atomic E-state index is 0.000670. The second-order valence-electron chi connectivity index (χ2n) is 6.68. The molecule has 0 radical (unpaired) electrons. The molecule has 0 fully saturated rings. The number of nitrogens with two attached hydrogens (primary N) is 1. The van der Waals surface area contributed by atoms with Gasteiger partial charge < -0.3 is 20.9 Å². The number of benzene rings is 3. The lowest BCUT2D eigenvalue weighted by molar-refractivity contribution is 0.0916. The van der Waals surface area contributed by atoms with E-state index in [4.69, 9.17) is 15.9 Å². The van der Waals surface area contributed by atoms with E-state index in [0.29, 0.717) is 28.0 Å². The summed E-state index contributed by atoms with van der Waals surface area (Å²) in [5.41, 5.74) is 8.28. The topological polar surface area (TPSA) is 108 Å². The van der Waals surface area contributed by atoms with E-state index in [1.165, 1.54) is 12.1 Å². The van der Waals surface area contributed by atoms with Gasteiger partial charge in [0.25, 0.3) is 5.91 Å². The Labute approximate surface area is 173 Å². The summed E-state index contributed by atoms with van der Waals surface area (Å²) >= 11 is 0. The molecule has 0 bridgehead atoms. The van der Waals surface area contributed by atoms with Crippen LogP contribution in [-0.2, 0) is 0 Å². The Bertz CT molecular complexity index is 1080. The van der Waals surface area contributed by atoms with Gasteiger partial charge in [-0.05, 0) is 53.1 Å². The van der Waals surface area contributed by atoms with Crippen molar-refractivity contribution >= 4 is 17.6 Å². The van der Waals surface area contributed by atoms with Gasteiger partial charge in [0.15, 0.2) is 0 Å². The number of hydrogen-bond acceptors (Lipinski definition) is 5. The van der Waals surface area contributed by atoms with Crippen LogP contribution in [0.25, 0.3) is 11.1 Å². The number of anilines is 1. The third-order valence-electron chi connectivity index (χ3n) is 4.73. The maximum atomic E-state index is 13.4. The van der Waals surface area contributed by atoms with Crippen LogP contribution in [-0.4, -0.2) is 30.7 Å². The quantitative estimate of drug-likeness (QED) is 0.354. The summed E-state index contributed by atoms with van der Waals surface area (Å²) in [6.45, 7) is -0.279. The van der Waals surface area contributed by atoms with E-state index in [9.17, 15) is 14.3 Å². The monoisotopic (exact) mass is 407 g/mol. The van der Waals surface area contributed by atoms with Crippen molar-refractivity contribution in [3.05, 3.63) is 83.4 Å². The van der Waals surface area contributed by atoms with Gasteiger partial charge in [0.2, 0.25) is 5.97 Å². The summed E-state index contributed by atoms with van der Waals surface area (Å²) in [5, 5.41) is 19.8. The van der Waals surface area contributed by atoms with Crippen molar-refractivity contribution in [2.24, 2.45) is 0 Å². The number of halogens is 1. The fraction of sp³-hybridized carbons (Fsp3) is 0.130. The van der Waals surface area contributed by atoms with Crippen LogP contribution >= 0.6 is 0 Å². The third-order valence-corrected chi connectivity index (χ3v) is 4.73. The first-order chi connectivity index (χ1) is 14.4. The van der Waals surface area contributed by atoms with Crippen molar-refractivity contribution in [1.82, 2.24) is 5.32 Å². The van der Waals surface area contributed by atoms with E-state index >= 15 is 0 Å². The zero-order chi connectivity index (χ0) is 21.7. The van der Waals surface area contributed by atoms with Gasteiger partial charge in [0.1, 0.15) is 5.75 Å². The van der Waals surface area contributed by atoms with Crippen molar-refractivity contribution in [2.45, 2.75) is 6.04 Å². The number of methoxy groups -OCH3 is 1. The molecule has 0 aliphatic rings. The summed E-state index contributed by atoms with van der Waals surface area (Å²) < 4.78 is 18.6. The molecule has 0 aliphatic heterocycles. The normalized spacial score (nSPS) is 11.6. The van der Waals surface area contributed by atoms with Crippen LogP contribution in [0.1, 0.15) is 27.5 Å². The highest BCUT2D eigenvalue weighted by Gasteiger charge is 2.16. The van der Waals surface area contributed by atoms with Crippen molar-refractivity contribution in [3.8, 4) is 16.9 Å². The van der Waals surface area contributed by atoms with E-state index in [1.807, 2.05) is 0 Å². The molecule has 6 nitrogen and oxygen atoms in total. The Kier molecular flexibility index (Phi) is 6.44. The van der Waals surface area contributed by atoms with Crippen LogP contribution in [0, 0.1) is 5.41 Å². The summed E-state index contributed by atoms with van der Waals surface area (Å²) in [6.07, 6.45) is 0. The number of nitrogen functional groups attached to an aromatic ring is 1. The van der Waals surface area contributed by atoms with Gasteiger partial charge in [-0.15, -0.1) is 0 Å². The van der Waals surface area contributed by atoms with Crippen LogP contribution in [0.3, 0.4) is 0 Å². The number of rotatable bonds is 7. The zero-order valence-electron chi connectivity index (χ0n) is 16.4. The number of carbonyl (C=O) groups excluding carboxylic acids is 1. The first kappa shape index (κ1) is 21.0. The Hall–Kier alpha value is -3.71. The molecule has 3 aromatic rings. The minimum Gasteiger partial charge on any atom is -0.497 e. The molecular weight excluding hydrogens is 385 g/mol. The van der Waals surface area contributed by atoms with Crippen LogP contribution in [0.5, 0.6) is 5.75 Å². The molecule has 5 N–H and O–H groups in total. The second-order valence-corrected chi connectivity index (χ2v) is 6.68. The molecule has 0 saturated carbocycles. The zero-order valence-corrected chi connectivity index (χ0v) is 16.4. The summed E-state index contributed by atoms with van der Waals surface area (Å²) in [7, 11) is 1.55. The average Bonchev–Trinajstić information content (AvgIpc) is 2.77. The molecule has 154 valence electrons. The highest BCUT2D eigenvalue weighted by Crippen LogP contribution is 2.26. The maximum absolute atomic E-state index is 13.4. The van der Waals surface area contributed by atoms with Crippen molar-refractivity contribution in [2.75, 3.05) is 19.5 Å². The van der Waals surface area contributed by atoms with Gasteiger partial charge in [-0.2, -0.15) is 4.39 Å². The Morgan fingerprint density at radius 1 is 1.13 bits per heavy atom. The molecular formula is C23H22FN3O3. The maximum Gasteiger partial charge on any atom is 0.251 e. The highest BCUT2D eigenvalue weighted by molar-refractivity contribution is 5.98. The molecule has 0 aliphatic carbocycles. The standard InChI is InChI=1S/C23H22FN3O3/c1-30-18-7-3-5-16(11-18)21(13-28)27-23(29)17-6-2-4-14(10-17)15-8-9-20(25)19(12-15)22(24)26/h2-12,21,26,28H,13,25H2,1H3,(H,27,29). The Morgan fingerprint density at radius 2 is 1.87 bits per heavy atom. The molecule has 0 saturated heterocycles. The van der Waals surface area contributed by atoms with E-state index in [2.05, 4.69) is 5.32 Å². The molecule has 1 atom stereocenters. The Balaban J connectivity index is 1.85. The van der Waals surface area contributed by atoms with Crippen LogP contribution < -0.4 is 15.8 Å². The number of carbonyl (C=O) groups is 1. The van der Waals surface area contributed by atoms with E-state index in [0.717, 1.165) is 0 Å². The lowest BCUT2D eigenvalue weighted by Gasteiger charge is -2.18. The highest BCUT2D eigenvalue weighted by atomic mass is 19.1. The average molecular weight is 407 g/mol. The van der Waals surface area contributed by atoms with Gasteiger partial charge in [-0.3, -0.25) is 10.2 Å². The van der Waals surface area contributed by atoms with E-state index < -0.39 is 12.0 Å². The summed E-state index contributed by atoms with van der Waals surface area (Å²) in [5.74, 6) is -0.861. The van der Waals surface area contributed by atoms with Crippen molar-refractivity contribution in [3.63, 3.8) is 0 Å². The van der Waals surface area contributed by atoms with E-state index in [-0.39, 0.29) is 23.8 Å². The smallest absolute Gasteiger partial charge is 0.251 e. The van der Waals surface area contributed by atoms with Gasteiger partial charge >= 0.3 is 0 Å². The lowest BCUT2D eigenvalue weighted by atomic mass is 9.99. The van der Waals surface area contributed by atoms with Crippen LogP contribution in [0.15, 0.2) is 66.7 Å². The first-order valence-corrected chi connectivity index (χ1v) is 9.23. The van der Waals surface area contributed by atoms with Gasteiger partial charge in [0, 0.05) is 11.3 Å². The SMILES string of the molecule is COc1cccc(C(CO)NC(=O)c2cccc(-c3ccc(N)c(C(=N)F)c3)c2)c1. The largest absolute Gasteiger partial charge is 0.497 e. The number of nitrogens with one attached hydrogen (secondary N) is 2. The molecule has 3 rings (SSSR count). The fourth-order valence-corrected chi connectivity index (χ4v) is 3.10. The second kappa shape index (κ2) is 9.19. The number of aliphatic hydroxyl groups is 1. The first-order valence-electron chi connectivity index (χ1n) is 9.23. The molecule has 1 unspecified atom stereocenters. The number of ether oxygens (including phenoxy) is 1. The molecule has 30 heavy (non-hydrogen) atoms. The summed E-state index contributed by atoms with van der Waals surface area (Å²) in [4.78, 5) is 12.8. The third kappa shape index (κ3) is 4.64. The molecule has 0 heterocycles. The molecule has 0 aromatic heterocycles. The van der Waals surface area contributed by atoms with Gasteiger partial charge in [-0.1, -0.05) is 30.3 Å². The van der Waals surface area contributed by atoms with Gasteiger partial charge in [-0.25, -0.2) is 0 Å². The lowest BCUT2D eigenvalue weighted by Crippen LogP contribution is -2.30. The van der Waals surface area contributed by atoms with Crippen molar-refractivity contribution in [1.29, 1.82) is 5.41 Å². The van der Waals surface area contributed by atoms with Crippen LogP contribution in [0.2, 0.25) is 0 Å². The number of hydrogen-bond donors (Lipinski definition) is 4. The fourth-order valence-electron chi connectivity index (χ4n) is 3.10. The van der Waals surface area contributed by atoms with E-state index in [1.54, 1.807) is 61.7 Å². The number of amides is 1. The minimum atomic E-state index is -1.12. The molecule has 1 amide bonds. The summed E-state index contributed by atoms with van der Waals surface area (Å²) in [6, 6.07) is 18.0. The van der Waals surface area contributed by atoms with Crippen LogP contribution in [0.4, 0.5) is 10.1 Å². The molecule has 0 spiro atoms. The van der Waals surface area contributed by atoms with Crippen molar-refractivity contribution < 1.29 is 19.0 Å². The molecule has 7 heteroatoms. The predicted octanol–water partition coefficient (Wildman–Crippen LogP) is 3.70. The molecule has 3 aromatic carbocycles.